The molecule has 0 saturated carbocycles. The summed E-state index contributed by atoms with van der Waals surface area (Å²) >= 11 is 1.28. The van der Waals surface area contributed by atoms with Crippen LogP contribution in [-0.4, -0.2) is 26.1 Å². The van der Waals surface area contributed by atoms with Crippen LogP contribution in [0, 0.1) is 21.6 Å². The Morgan fingerprint density at radius 2 is 2.33 bits per heavy atom. The van der Waals surface area contributed by atoms with Crippen LogP contribution in [0.1, 0.15) is 0 Å². The molecule has 21 heavy (non-hydrogen) atoms. The summed E-state index contributed by atoms with van der Waals surface area (Å²) in [6.45, 7) is 0. The second-order valence-electron chi connectivity index (χ2n) is 3.75. The third kappa shape index (κ3) is 3.37. The zero-order valence-electron chi connectivity index (χ0n) is 10.9. The second-order valence-corrected chi connectivity index (χ2v) is 4.54. The first kappa shape index (κ1) is 14.5. The highest BCUT2D eigenvalue weighted by atomic mass is 32.2. The lowest BCUT2D eigenvalue weighted by atomic mass is 10.3. The molecule has 8 nitrogen and oxygen atoms in total. The smallest absolute Gasteiger partial charge is 0.271 e. The summed E-state index contributed by atoms with van der Waals surface area (Å²) in [6, 6.07) is 7.03. The van der Waals surface area contributed by atoms with Crippen LogP contribution in [0.4, 0.5) is 11.4 Å². The van der Waals surface area contributed by atoms with Crippen LogP contribution in [0.15, 0.2) is 41.7 Å². The molecule has 0 radical (unpaired) electrons. The molecule has 1 aromatic carbocycles. The Balaban J connectivity index is 2.45. The van der Waals surface area contributed by atoms with E-state index >= 15 is 0 Å². The van der Waals surface area contributed by atoms with Gasteiger partial charge in [0.05, 0.1) is 16.3 Å². The molecule has 1 aromatic heterocycles. The number of benzene rings is 1. The fourth-order valence-electron chi connectivity index (χ4n) is 1.57. The van der Waals surface area contributed by atoms with Gasteiger partial charge in [-0.15, -0.1) is 0 Å². The van der Waals surface area contributed by atoms with E-state index in [1.165, 1.54) is 28.8 Å². The first-order valence-corrected chi connectivity index (χ1v) is 6.94. The Morgan fingerprint density at radius 1 is 1.57 bits per heavy atom. The number of amidine groups is 1. The molecule has 0 atom stereocenters. The Hall–Kier alpha value is -2.86. The SMILES string of the molecule is CSC(=Nc1ccccc1-n1cc([N+](=O)[O-])cn1)NC#N. The predicted molar refractivity (Wildman–Crippen MR) is 79.6 cm³/mol. The summed E-state index contributed by atoms with van der Waals surface area (Å²) in [5, 5.41) is 26.2. The van der Waals surface area contributed by atoms with Crippen molar-refractivity contribution in [3.05, 3.63) is 46.8 Å². The number of hydrogen-bond acceptors (Lipinski definition) is 6. The molecule has 1 heterocycles. The van der Waals surface area contributed by atoms with Gasteiger partial charge in [0, 0.05) is 0 Å². The number of para-hydroxylation sites is 2. The summed E-state index contributed by atoms with van der Waals surface area (Å²) < 4.78 is 1.38. The number of aromatic nitrogens is 2. The molecule has 2 aromatic rings. The van der Waals surface area contributed by atoms with E-state index < -0.39 is 4.92 Å². The van der Waals surface area contributed by atoms with Crippen molar-refractivity contribution in [2.75, 3.05) is 6.26 Å². The molecular weight excluding hydrogens is 292 g/mol. The minimum Gasteiger partial charge on any atom is -0.271 e. The number of rotatable bonds is 3. The molecule has 0 saturated heterocycles. The van der Waals surface area contributed by atoms with Crippen LogP contribution in [0.25, 0.3) is 5.69 Å². The minimum atomic E-state index is -0.514. The summed E-state index contributed by atoms with van der Waals surface area (Å²) in [5.41, 5.74) is 1.02. The van der Waals surface area contributed by atoms with Gasteiger partial charge in [-0.1, -0.05) is 23.9 Å². The highest BCUT2D eigenvalue weighted by molar-refractivity contribution is 8.13. The zero-order valence-corrected chi connectivity index (χ0v) is 11.7. The van der Waals surface area contributed by atoms with E-state index in [1.807, 2.05) is 0 Å². The Bertz CT molecular complexity index is 733. The number of nitro groups is 1. The molecule has 0 unspecified atom stereocenters. The van der Waals surface area contributed by atoms with E-state index in [1.54, 1.807) is 36.7 Å². The van der Waals surface area contributed by atoms with Crippen LogP contribution >= 0.6 is 11.8 Å². The molecule has 0 fully saturated rings. The molecule has 1 N–H and O–H groups in total. The van der Waals surface area contributed by atoms with E-state index in [-0.39, 0.29) is 5.69 Å². The Labute approximate surface area is 124 Å². The van der Waals surface area contributed by atoms with Gasteiger partial charge in [0.15, 0.2) is 11.4 Å². The Kier molecular flexibility index (Phi) is 4.53. The fraction of sp³-hybridized carbons (Fsp3) is 0.0833. The molecule has 2 rings (SSSR count). The molecule has 106 valence electrons. The van der Waals surface area contributed by atoms with Crippen LogP contribution in [0.2, 0.25) is 0 Å². The number of nitrogens with zero attached hydrogens (tertiary/aromatic N) is 5. The molecule has 0 aliphatic rings. The van der Waals surface area contributed by atoms with E-state index in [9.17, 15) is 10.1 Å². The standard InChI is InChI=1S/C12H10N6O2S/c1-21-12(14-8-13)16-10-4-2-3-5-11(10)17-7-9(6-15-17)18(19)20/h2-7H,1H3,(H,14,16). The van der Waals surface area contributed by atoms with Gasteiger partial charge in [-0.05, 0) is 18.4 Å². The van der Waals surface area contributed by atoms with Gasteiger partial charge in [0.2, 0.25) is 0 Å². The lowest BCUT2D eigenvalue weighted by molar-refractivity contribution is -0.384. The van der Waals surface area contributed by atoms with Gasteiger partial charge < -0.3 is 0 Å². The van der Waals surface area contributed by atoms with Crippen LogP contribution in [-0.2, 0) is 0 Å². The van der Waals surface area contributed by atoms with E-state index in [0.717, 1.165) is 0 Å². The van der Waals surface area contributed by atoms with Crippen molar-refractivity contribution in [1.29, 1.82) is 5.26 Å². The van der Waals surface area contributed by atoms with Crippen molar-refractivity contribution in [1.82, 2.24) is 15.1 Å². The average molecular weight is 302 g/mol. The van der Waals surface area contributed by atoms with Gasteiger partial charge in [0.25, 0.3) is 0 Å². The third-order valence-electron chi connectivity index (χ3n) is 2.49. The third-order valence-corrected chi connectivity index (χ3v) is 3.07. The minimum absolute atomic E-state index is 0.103. The number of nitrogens with one attached hydrogen (secondary N) is 1. The van der Waals surface area contributed by atoms with Crippen molar-refractivity contribution >= 4 is 28.3 Å². The molecule has 0 bridgehead atoms. The first-order valence-electron chi connectivity index (χ1n) is 5.72. The zero-order chi connectivity index (χ0) is 15.2. The van der Waals surface area contributed by atoms with Crippen molar-refractivity contribution < 1.29 is 4.92 Å². The average Bonchev–Trinajstić information content (AvgIpc) is 2.97. The lowest BCUT2D eigenvalue weighted by Crippen LogP contribution is -2.12. The monoisotopic (exact) mass is 302 g/mol. The van der Waals surface area contributed by atoms with Crippen molar-refractivity contribution in [2.24, 2.45) is 4.99 Å². The summed E-state index contributed by atoms with van der Waals surface area (Å²) in [4.78, 5) is 14.5. The lowest BCUT2D eigenvalue weighted by Gasteiger charge is -2.06. The summed E-state index contributed by atoms with van der Waals surface area (Å²) in [5.74, 6) is 0. The predicted octanol–water partition coefficient (Wildman–Crippen LogP) is 2.20. The Morgan fingerprint density at radius 3 is 2.95 bits per heavy atom. The van der Waals surface area contributed by atoms with Crippen LogP contribution in [0.5, 0.6) is 0 Å². The topological polar surface area (TPSA) is 109 Å². The molecule has 0 amide bonds. The summed E-state index contributed by atoms with van der Waals surface area (Å²) in [7, 11) is 0. The quantitative estimate of drug-likeness (QED) is 0.232. The normalized spacial score (nSPS) is 11.0. The van der Waals surface area contributed by atoms with Gasteiger partial charge in [0.1, 0.15) is 12.4 Å². The molecule has 0 aliphatic heterocycles. The molecule has 0 spiro atoms. The fourth-order valence-corrected chi connectivity index (χ4v) is 1.91. The van der Waals surface area contributed by atoms with Gasteiger partial charge in [-0.3, -0.25) is 15.4 Å². The van der Waals surface area contributed by atoms with E-state index in [0.29, 0.717) is 16.5 Å². The number of nitriles is 1. The number of hydrogen-bond donors (Lipinski definition) is 1. The molecule has 9 heteroatoms. The molecular formula is C12H10N6O2S. The van der Waals surface area contributed by atoms with Gasteiger partial charge in [-0.25, -0.2) is 9.67 Å². The van der Waals surface area contributed by atoms with Gasteiger partial charge in [-0.2, -0.15) is 10.4 Å². The second kappa shape index (κ2) is 6.53. The largest absolute Gasteiger partial charge is 0.307 e. The van der Waals surface area contributed by atoms with Crippen LogP contribution < -0.4 is 5.32 Å². The number of thioether (sulfide) groups is 1. The first-order chi connectivity index (χ1) is 10.2. The highest BCUT2D eigenvalue weighted by Crippen LogP contribution is 2.25. The maximum Gasteiger partial charge on any atom is 0.307 e. The van der Waals surface area contributed by atoms with E-state index in [4.69, 9.17) is 5.26 Å². The van der Waals surface area contributed by atoms with E-state index in [2.05, 4.69) is 15.4 Å². The van der Waals surface area contributed by atoms with Crippen molar-refractivity contribution in [2.45, 2.75) is 0 Å². The number of aliphatic imine (C=N–C) groups is 1. The summed E-state index contributed by atoms with van der Waals surface area (Å²) in [6.07, 6.45) is 6.07. The highest BCUT2D eigenvalue weighted by Gasteiger charge is 2.12. The van der Waals surface area contributed by atoms with Crippen molar-refractivity contribution in [3.63, 3.8) is 0 Å². The van der Waals surface area contributed by atoms with Gasteiger partial charge >= 0.3 is 5.69 Å². The maximum atomic E-state index is 10.7. The molecule has 0 aliphatic carbocycles. The van der Waals surface area contributed by atoms with Crippen molar-refractivity contribution in [3.8, 4) is 11.9 Å². The van der Waals surface area contributed by atoms with Crippen LogP contribution in [0.3, 0.4) is 0 Å². The maximum absolute atomic E-state index is 10.7.